The van der Waals surface area contributed by atoms with Crippen LogP contribution < -0.4 is 10.6 Å². The fourth-order valence-electron chi connectivity index (χ4n) is 1.49. The Labute approximate surface area is 109 Å². The summed E-state index contributed by atoms with van der Waals surface area (Å²) < 4.78 is 1.89. The van der Waals surface area contributed by atoms with Gasteiger partial charge < -0.3 is 10.6 Å². The highest BCUT2D eigenvalue weighted by molar-refractivity contribution is 9.13. The highest BCUT2D eigenvalue weighted by atomic mass is 79.9. The van der Waals surface area contributed by atoms with Crippen molar-refractivity contribution in [3.05, 3.63) is 19.2 Å². The molecule has 1 saturated heterocycles. The Morgan fingerprint density at radius 2 is 2.40 bits per heavy atom. The molecule has 0 bridgehead atoms. The predicted molar refractivity (Wildman–Crippen MR) is 68.5 cm³/mol. The Hall–Kier alpha value is 0.0900. The van der Waals surface area contributed by atoms with Gasteiger partial charge in [0.15, 0.2) is 0 Å². The summed E-state index contributed by atoms with van der Waals surface area (Å²) in [6.45, 7) is 1.86. The summed E-state index contributed by atoms with van der Waals surface area (Å²) in [6, 6.07) is 2.11. The maximum atomic E-state index is 11.8. The monoisotopic (exact) mass is 352 g/mol. The van der Waals surface area contributed by atoms with Crippen molar-refractivity contribution in [2.45, 2.75) is 12.5 Å². The van der Waals surface area contributed by atoms with Crippen LogP contribution >= 0.6 is 43.2 Å². The van der Waals surface area contributed by atoms with Crippen molar-refractivity contribution in [3.63, 3.8) is 0 Å². The van der Waals surface area contributed by atoms with E-state index in [0.717, 1.165) is 32.6 Å². The smallest absolute Gasteiger partial charge is 0.261 e. The van der Waals surface area contributed by atoms with Gasteiger partial charge in [-0.1, -0.05) is 0 Å². The van der Waals surface area contributed by atoms with E-state index in [4.69, 9.17) is 0 Å². The van der Waals surface area contributed by atoms with Gasteiger partial charge in [0, 0.05) is 17.1 Å². The Kier molecular flexibility index (Phi) is 3.82. The van der Waals surface area contributed by atoms with Gasteiger partial charge in [0.1, 0.15) is 0 Å². The van der Waals surface area contributed by atoms with E-state index in [2.05, 4.69) is 42.5 Å². The number of thiophene rings is 1. The molecule has 2 rings (SSSR count). The molecule has 0 aliphatic carbocycles. The third-order valence-corrected chi connectivity index (χ3v) is 5.52. The zero-order valence-corrected chi connectivity index (χ0v) is 11.8. The van der Waals surface area contributed by atoms with Gasteiger partial charge in [-0.25, -0.2) is 0 Å². The molecule has 2 N–H and O–H groups in total. The van der Waals surface area contributed by atoms with E-state index in [9.17, 15) is 4.79 Å². The van der Waals surface area contributed by atoms with Gasteiger partial charge in [-0.15, -0.1) is 11.3 Å². The second-order valence-electron chi connectivity index (χ2n) is 3.40. The van der Waals surface area contributed by atoms with Crippen LogP contribution in [0.1, 0.15) is 16.1 Å². The van der Waals surface area contributed by atoms with Gasteiger partial charge in [-0.3, -0.25) is 4.79 Å². The van der Waals surface area contributed by atoms with E-state index >= 15 is 0 Å². The number of amides is 1. The molecule has 0 radical (unpaired) electrons. The molecule has 82 valence electrons. The van der Waals surface area contributed by atoms with Crippen LogP contribution in [0.2, 0.25) is 0 Å². The molecule has 1 atom stereocenters. The van der Waals surface area contributed by atoms with E-state index in [1.807, 2.05) is 6.07 Å². The standard InChI is InChI=1S/C9H10Br2N2OS/c10-6-3-7(15-8(6)11)9(14)13-5-1-2-12-4-5/h3,5,12H,1-2,4H2,(H,13,14). The first kappa shape index (κ1) is 11.6. The molecular formula is C9H10Br2N2OS. The summed E-state index contributed by atoms with van der Waals surface area (Å²) in [5.74, 6) is 0.0140. The SMILES string of the molecule is O=C(NC1CCNC1)c1cc(Br)c(Br)s1. The van der Waals surface area contributed by atoms with E-state index in [-0.39, 0.29) is 11.9 Å². The Morgan fingerprint density at radius 3 is 2.93 bits per heavy atom. The van der Waals surface area contributed by atoms with Crippen LogP contribution in [0.4, 0.5) is 0 Å². The fraction of sp³-hybridized carbons (Fsp3) is 0.444. The second-order valence-corrected chi connectivity index (χ2v) is 6.62. The number of hydrogen-bond donors (Lipinski definition) is 2. The molecule has 1 amide bonds. The van der Waals surface area contributed by atoms with Crippen molar-refractivity contribution >= 4 is 49.1 Å². The van der Waals surface area contributed by atoms with Crippen LogP contribution in [0.15, 0.2) is 14.3 Å². The van der Waals surface area contributed by atoms with Gasteiger partial charge in [0.2, 0.25) is 0 Å². The lowest BCUT2D eigenvalue weighted by atomic mass is 10.2. The number of rotatable bonds is 2. The van der Waals surface area contributed by atoms with Gasteiger partial charge in [-0.05, 0) is 50.9 Å². The average molecular weight is 354 g/mol. The summed E-state index contributed by atoms with van der Waals surface area (Å²) >= 11 is 8.19. The molecule has 0 spiro atoms. The molecular weight excluding hydrogens is 344 g/mol. The van der Waals surface area contributed by atoms with Crippen molar-refractivity contribution in [2.75, 3.05) is 13.1 Å². The number of nitrogens with one attached hydrogen (secondary N) is 2. The van der Waals surface area contributed by atoms with Crippen LogP contribution in [0.5, 0.6) is 0 Å². The maximum Gasteiger partial charge on any atom is 0.261 e. The normalized spacial score (nSPS) is 20.5. The molecule has 1 fully saturated rings. The lowest BCUT2D eigenvalue weighted by Crippen LogP contribution is -2.35. The van der Waals surface area contributed by atoms with Crippen molar-refractivity contribution in [1.29, 1.82) is 0 Å². The van der Waals surface area contributed by atoms with Gasteiger partial charge in [0.25, 0.3) is 5.91 Å². The second kappa shape index (κ2) is 4.95. The number of carbonyl (C=O) groups is 1. The number of halogens is 2. The first-order valence-corrected chi connectivity index (χ1v) is 7.03. The minimum absolute atomic E-state index is 0.0140. The van der Waals surface area contributed by atoms with E-state index in [0.29, 0.717) is 0 Å². The molecule has 3 nitrogen and oxygen atoms in total. The third kappa shape index (κ3) is 2.81. The molecule has 0 saturated carbocycles. The van der Waals surface area contributed by atoms with Crippen LogP contribution in [-0.2, 0) is 0 Å². The van der Waals surface area contributed by atoms with Crippen LogP contribution in [0.3, 0.4) is 0 Å². The fourth-order valence-corrected chi connectivity index (χ4v) is 3.43. The Bertz CT molecular complexity index is 355. The highest BCUT2D eigenvalue weighted by Gasteiger charge is 2.19. The molecule has 2 heterocycles. The minimum atomic E-state index is 0.0140. The van der Waals surface area contributed by atoms with Crippen molar-refractivity contribution in [3.8, 4) is 0 Å². The van der Waals surface area contributed by atoms with E-state index < -0.39 is 0 Å². The highest BCUT2D eigenvalue weighted by Crippen LogP contribution is 2.32. The molecule has 0 aromatic carbocycles. The number of carbonyl (C=O) groups excluding carboxylic acids is 1. The third-order valence-electron chi connectivity index (χ3n) is 2.26. The molecule has 1 aromatic heterocycles. The molecule has 6 heteroatoms. The lowest BCUT2D eigenvalue weighted by molar-refractivity contribution is 0.0944. The first-order valence-electron chi connectivity index (χ1n) is 4.63. The minimum Gasteiger partial charge on any atom is -0.347 e. The summed E-state index contributed by atoms with van der Waals surface area (Å²) in [4.78, 5) is 12.5. The maximum absolute atomic E-state index is 11.8. The molecule has 1 unspecified atom stereocenters. The Morgan fingerprint density at radius 1 is 1.60 bits per heavy atom. The summed E-state index contributed by atoms with van der Waals surface area (Å²) in [5, 5.41) is 6.22. The lowest BCUT2D eigenvalue weighted by Gasteiger charge is -2.09. The molecule has 15 heavy (non-hydrogen) atoms. The molecule has 1 aromatic rings. The van der Waals surface area contributed by atoms with E-state index in [1.165, 1.54) is 11.3 Å². The Balaban J connectivity index is 2.00. The van der Waals surface area contributed by atoms with Crippen molar-refractivity contribution in [1.82, 2.24) is 10.6 Å². The zero-order chi connectivity index (χ0) is 10.8. The first-order chi connectivity index (χ1) is 7.16. The van der Waals surface area contributed by atoms with Crippen LogP contribution in [0.25, 0.3) is 0 Å². The number of hydrogen-bond acceptors (Lipinski definition) is 3. The molecule has 1 aliphatic rings. The van der Waals surface area contributed by atoms with Crippen molar-refractivity contribution in [2.24, 2.45) is 0 Å². The largest absolute Gasteiger partial charge is 0.347 e. The quantitative estimate of drug-likeness (QED) is 0.856. The predicted octanol–water partition coefficient (Wildman–Crippen LogP) is 2.36. The van der Waals surface area contributed by atoms with Gasteiger partial charge in [-0.2, -0.15) is 0 Å². The zero-order valence-electron chi connectivity index (χ0n) is 7.85. The van der Waals surface area contributed by atoms with Crippen LogP contribution in [-0.4, -0.2) is 25.0 Å². The average Bonchev–Trinajstić information content (AvgIpc) is 2.78. The topological polar surface area (TPSA) is 41.1 Å². The summed E-state index contributed by atoms with van der Waals surface area (Å²) in [7, 11) is 0. The molecule has 1 aliphatic heterocycles. The van der Waals surface area contributed by atoms with E-state index in [1.54, 1.807) is 0 Å². The summed E-state index contributed by atoms with van der Waals surface area (Å²) in [5.41, 5.74) is 0. The van der Waals surface area contributed by atoms with Crippen LogP contribution in [0, 0.1) is 0 Å². The summed E-state index contributed by atoms with van der Waals surface area (Å²) in [6.07, 6.45) is 1.01. The van der Waals surface area contributed by atoms with Gasteiger partial charge in [0.05, 0.1) is 8.66 Å². The van der Waals surface area contributed by atoms with Crippen molar-refractivity contribution < 1.29 is 4.79 Å². The van der Waals surface area contributed by atoms with Gasteiger partial charge >= 0.3 is 0 Å².